The topological polar surface area (TPSA) is 32.3 Å². The number of amides is 1. The fourth-order valence-corrected chi connectivity index (χ4v) is 0.888. The van der Waals surface area contributed by atoms with Crippen molar-refractivity contribution in [2.45, 2.75) is 19.8 Å². The third-order valence-corrected chi connectivity index (χ3v) is 1.65. The first-order valence-electron chi connectivity index (χ1n) is 4.11. The SMILES string of the molecule is CCC(=O)N(C)CCCNC. The van der Waals surface area contributed by atoms with E-state index >= 15 is 0 Å². The first kappa shape index (κ1) is 10.4. The van der Waals surface area contributed by atoms with Crippen molar-refractivity contribution < 1.29 is 4.79 Å². The summed E-state index contributed by atoms with van der Waals surface area (Å²) in [6, 6.07) is 0. The summed E-state index contributed by atoms with van der Waals surface area (Å²) in [6.45, 7) is 3.71. The third-order valence-electron chi connectivity index (χ3n) is 1.65. The predicted octanol–water partition coefficient (Wildman–Crippen LogP) is 0.464. The highest BCUT2D eigenvalue weighted by atomic mass is 16.2. The molecule has 3 nitrogen and oxygen atoms in total. The molecule has 0 aliphatic carbocycles. The van der Waals surface area contributed by atoms with Crippen LogP contribution < -0.4 is 5.32 Å². The number of hydrogen-bond donors (Lipinski definition) is 1. The lowest BCUT2D eigenvalue weighted by molar-refractivity contribution is -0.129. The van der Waals surface area contributed by atoms with Crippen LogP contribution in [0.1, 0.15) is 19.8 Å². The second-order valence-corrected chi connectivity index (χ2v) is 2.63. The fraction of sp³-hybridized carbons (Fsp3) is 0.875. The molecule has 0 saturated carbocycles. The van der Waals surface area contributed by atoms with E-state index in [1.165, 1.54) is 0 Å². The van der Waals surface area contributed by atoms with E-state index < -0.39 is 0 Å². The molecule has 0 unspecified atom stereocenters. The summed E-state index contributed by atoms with van der Waals surface area (Å²) < 4.78 is 0. The first-order valence-corrected chi connectivity index (χ1v) is 4.11. The smallest absolute Gasteiger partial charge is 0.222 e. The van der Waals surface area contributed by atoms with E-state index in [1.807, 2.05) is 21.0 Å². The summed E-state index contributed by atoms with van der Waals surface area (Å²) in [5, 5.41) is 3.04. The zero-order valence-electron chi connectivity index (χ0n) is 7.68. The molecule has 0 aliphatic rings. The summed E-state index contributed by atoms with van der Waals surface area (Å²) in [7, 11) is 3.77. The number of rotatable bonds is 5. The Hall–Kier alpha value is -0.570. The Morgan fingerprint density at radius 2 is 2.18 bits per heavy atom. The van der Waals surface area contributed by atoms with E-state index in [9.17, 15) is 4.79 Å². The Labute approximate surface area is 68.8 Å². The summed E-state index contributed by atoms with van der Waals surface area (Å²) in [5.74, 6) is 0.223. The number of nitrogens with zero attached hydrogens (tertiary/aromatic N) is 1. The van der Waals surface area contributed by atoms with Crippen LogP contribution in [0.25, 0.3) is 0 Å². The standard InChI is InChI=1S/C8H18N2O/c1-4-8(11)10(3)7-5-6-9-2/h9H,4-7H2,1-3H3. The maximum atomic E-state index is 11.0. The third kappa shape index (κ3) is 4.79. The van der Waals surface area contributed by atoms with Crippen LogP contribution in [0.15, 0.2) is 0 Å². The minimum Gasteiger partial charge on any atom is -0.346 e. The molecule has 0 saturated heterocycles. The molecule has 0 aromatic heterocycles. The van der Waals surface area contributed by atoms with Crippen molar-refractivity contribution in [2.75, 3.05) is 27.2 Å². The molecule has 0 aromatic carbocycles. The Morgan fingerprint density at radius 3 is 2.64 bits per heavy atom. The van der Waals surface area contributed by atoms with Crippen LogP contribution in [-0.4, -0.2) is 38.0 Å². The van der Waals surface area contributed by atoms with Gasteiger partial charge in [-0.15, -0.1) is 0 Å². The van der Waals surface area contributed by atoms with E-state index in [0.717, 1.165) is 19.5 Å². The molecule has 0 aromatic rings. The molecule has 1 amide bonds. The zero-order chi connectivity index (χ0) is 8.69. The van der Waals surface area contributed by atoms with Crippen molar-refractivity contribution in [1.82, 2.24) is 10.2 Å². The van der Waals surface area contributed by atoms with Gasteiger partial charge in [0.15, 0.2) is 0 Å². The van der Waals surface area contributed by atoms with E-state index in [-0.39, 0.29) is 5.91 Å². The lowest BCUT2D eigenvalue weighted by Crippen LogP contribution is -2.28. The van der Waals surface area contributed by atoms with Gasteiger partial charge in [0.25, 0.3) is 0 Å². The summed E-state index contributed by atoms with van der Waals surface area (Å²) in [5.41, 5.74) is 0. The molecule has 0 radical (unpaired) electrons. The van der Waals surface area contributed by atoms with Gasteiger partial charge in [0.2, 0.25) is 5.91 Å². The number of hydrogen-bond acceptors (Lipinski definition) is 2. The number of nitrogens with one attached hydrogen (secondary N) is 1. The number of carbonyl (C=O) groups excluding carboxylic acids is 1. The Balaban J connectivity index is 3.36. The normalized spacial score (nSPS) is 9.73. The van der Waals surface area contributed by atoms with Crippen LogP contribution in [-0.2, 0) is 4.79 Å². The Kier molecular flexibility index (Phi) is 5.84. The minimum atomic E-state index is 0.223. The van der Waals surface area contributed by atoms with Crippen LogP contribution in [0.3, 0.4) is 0 Å². The fourth-order valence-electron chi connectivity index (χ4n) is 0.888. The van der Waals surface area contributed by atoms with E-state index in [4.69, 9.17) is 0 Å². The molecule has 0 rings (SSSR count). The molecule has 0 atom stereocenters. The van der Waals surface area contributed by atoms with Gasteiger partial charge >= 0.3 is 0 Å². The highest BCUT2D eigenvalue weighted by Crippen LogP contribution is 1.90. The van der Waals surface area contributed by atoms with Gasteiger partial charge in [-0.1, -0.05) is 6.92 Å². The molecule has 1 N–H and O–H groups in total. The average Bonchev–Trinajstić information content (AvgIpc) is 2.03. The molecule has 0 spiro atoms. The van der Waals surface area contributed by atoms with Crippen LogP contribution in [0.4, 0.5) is 0 Å². The van der Waals surface area contributed by atoms with Crippen molar-refractivity contribution in [2.24, 2.45) is 0 Å². The van der Waals surface area contributed by atoms with Gasteiger partial charge in [0, 0.05) is 20.0 Å². The molecular formula is C8H18N2O. The molecule has 0 aliphatic heterocycles. The lowest BCUT2D eigenvalue weighted by Gasteiger charge is -2.15. The maximum absolute atomic E-state index is 11.0. The van der Waals surface area contributed by atoms with Gasteiger partial charge in [0.1, 0.15) is 0 Å². The Bertz CT molecular complexity index is 115. The van der Waals surface area contributed by atoms with E-state index in [2.05, 4.69) is 5.32 Å². The number of carbonyl (C=O) groups is 1. The summed E-state index contributed by atoms with van der Waals surface area (Å²) in [4.78, 5) is 12.8. The van der Waals surface area contributed by atoms with Crippen molar-refractivity contribution >= 4 is 5.91 Å². The second kappa shape index (κ2) is 6.16. The van der Waals surface area contributed by atoms with Crippen LogP contribution >= 0.6 is 0 Å². The highest BCUT2D eigenvalue weighted by molar-refractivity contribution is 5.75. The molecule has 0 fully saturated rings. The van der Waals surface area contributed by atoms with Crippen LogP contribution in [0.5, 0.6) is 0 Å². The van der Waals surface area contributed by atoms with Crippen LogP contribution in [0.2, 0.25) is 0 Å². The quantitative estimate of drug-likeness (QED) is 0.590. The first-order chi connectivity index (χ1) is 5.22. The average molecular weight is 158 g/mol. The van der Waals surface area contributed by atoms with Crippen molar-refractivity contribution in [3.8, 4) is 0 Å². The van der Waals surface area contributed by atoms with Gasteiger partial charge in [-0.2, -0.15) is 0 Å². The minimum absolute atomic E-state index is 0.223. The largest absolute Gasteiger partial charge is 0.346 e. The van der Waals surface area contributed by atoms with Crippen LogP contribution in [0, 0.1) is 0 Å². The van der Waals surface area contributed by atoms with E-state index in [1.54, 1.807) is 4.90 Å². The predicted molar refractivity (Wildman–Crippen MR) is 46.5 cm³/mol. The van der Waals surface area contributed by atoms with Gasteiger partial charge in [0.05, 0.1) is 0 Å². The van der Waals surface area contributed by atoms with Crippen molar-refractivity contribution in [3.05, 3.63) is 0 Å². The molecule has 66 valence electrons. The summed E-state index contributed by atoms with van der Waals surface area (Å²) >= 11 is 0. The molecule has 3 heteroatoms. The Morgan fingerprint density at radius 1 is 1.55 bits per heavy atom. The monoisotopic (exact) mass is 158 g/mol. The zero-order valence-corrected chi connectivity index (χ0v) is 7.68. The van der Waals surface area contributed by atoms with Crippen molar-refractivity contribution in [3.63, 3.8) is 0 Å². The maximum Gasteiger partial charge on any atom is 0.222 e. The van der Waals surface area contributed by atoms with Gasteiger partial charge in [-0.3, -0.25) is 4.79 Å². The molecule has 0 heterocycles. The lowest BCUT2D eigenvalue weighted by atomic mass is 10.3. The van der Waals surface area contributed by atoms with Gasteiger partial charge in [-0.25, -0.2) is 0 Å². The second-order valence-electron chi connectivity index (χ2n) is 2.63. The molecular weight excluding hydrogens is 140 g/mol. The molecule has 0 bridgehead atoms. The highest BCUT2D eigenvalue weighted by Gasteiger charge is 2.03. The van der Waals surface area contributed by atoms with Gasteiger partial charge in [-0.05, 0) is 20.0 Å². The molecule has 11 heavy (non-hydrogen) atoms. The van der Waals surface area contributed by atoms with E-state index in [0.29, 0.717) is 6.42 Å². The van der Waals surface area contributed by atoms with Gasteiger partial charge < -0.3 is 10.2 Å². The summed E-state index contributed by atoms with van der Waals surface area (Å²) in [6.07, 6.45) is 1.63. The van der Waals surface area contributed by atoms with Crippen molar-refractivity contribution in [1.29, 1.82) is 0 Å².